The third-order valence-corrected chi connectivity index (χ3v) is 4.81. The molecule has 2 N–H and O–H groups in total. The first kappa shape index (κ1) is 12.1. The zero-order valence-corrected chi connectivity index (χ0v) is 10.9. The largest absolute Gasteiger partial charge is 0.395 e. The van der Waals surface area contributed by atoms with Crippen molar-refractivity contribution in [1.29, 1.82) is 0 Å². The number of nitrogens with one attached hydrogen (secondary N) is 1. The highest BCUT2D eigenvalue weighted by molar-refractivity contribution is 7.12. The Balaban J connectivity index is 2.00. The molecule has 0 amide bonds. The van der Waals surface area contributed by atoms with Gasteiger partial charge in [-0.1, -0.05) is 6.92 Å². The van der Waals surface area contributed by atoms with E-state index in [2.05, 4.69) is 25.2 Å². The summed E-state index contributed by atoms with van der Waals surface area (Å²) in [5.41, 5.74) is 1.56. The molecule has 0 aliphatic heterocycles. The number of hydrogen-bond donors (Lipinski definition) is 2. The van der Waals surface area contributed by atoms with Crippen molar-refractivity contribution in [2.24, 2.45) is 0 Å². The average Bonchev–Trinajstić information content (AvgIpc) is 2.85. The van der Waals surface area contributed by atoms with Crippen molar-refractivity contribution in [3.8, 4) is 0 Å². The Morgan fingerprint density at radius 3 is 2.94 bits per heavy atom. The molecule has 0 fully saturated rings. The van der Waals surface area contributed by atoms with E-state index in [0.29, 0.717) is 6.04 Å². The molecule has 0 saturated heterocycles. The molecule has 1 aromatic rings. The van der Waals surface area contributed by atoms with E-state index in [1.807, 2.05) is 11.3 Å². The summed E-state index contributed by atoms with van der Waals surface area (Å²) in [6.45, 7) is 4.53. The average molecular weight is 239 g/mol. The van der Waals surface area contributed by atoms with Crippen LogP contribution in [-0.4, -0.2) is 17.8 Å². The molecule has 90 valence electrons. The molecule has 1 aliphatic rings. The van der Waals surface area contributed by atoms with Crippen LogP contribution in [0.2, 0.25) is 0 Å². The van der Waals surface area contributed by atoms with E-state index in [-0.39, 0.29) is 12.6 Å². The zero-order valence-electron chi connectivity index (χ0n) is 10.1. The van der Waals surface area contributed by atoms with Crippen molar-refractivity contribution in [2.75, 3.05) is 6.61 Å². The Bertz CT molecular complexity index is 322. The lowest BCUT2D eigenvalue weighted by molar-refractivity contribution is 0.230. The van der Waals surface area contributed by atoms with E-state index < -0.39 is 0 Å². The van der Waals surface area contributed by atoms with E-state index in [9.17, 15) is 5.11 Å². The fraction of sp³-hybridized carbons (Fsp3) is 0.692. The summed E-state index contributed by atoms with van der Waals surface area (Å²) in [5.74, 6) is 0. The van der Waals surface area contributed by atoms with Gasteiger partial charge in [0.25, 0.3) is 0 Å². The Kier molecular flexibility index (Phi) is 4.00. The van der Waals surface area contributed by atoms with Gasteiger partial charge in [0.2, 0.25) is 0 Å². The second kappa shape index (κ2) is 5.30. The van der Waals surface area contributed by atoms with Crippen molar-refractivity contribution in [2.45, 2.75) is 51.6 Å². The van der Waals surface area contributed by atoms with Crippen LogP contribution in [-0.2, 0) is 12.8 Å². The Hall–Kier alpha value is -0.380. The zero-order chi connectivity index (χ0) is 11.5. The van der Waals surface area contributed by atoms with Crippen LogP contribution >= 0.6 is 11.3 Å². The fourth-order valence-corrected chi connectivity index (χ4v) is 3.57. The highest BCUT2D eigenvalue weighted by Crippen LogP contribution is 2.33. The number of aryl methyl sites for hydroxylation is 2. The molecule has 2 nitrogen and oxygen atoms in total. The predicted octanol–water partition coefficient (Wildman–Crippen LogP) is 2.66. The second-order valence-corrected chi connectivity index (χ2v) is 5.80. The van der Waals surface area contributed by atoms with Crippen LogP contribution in [0.25, 0.3) is 0 Å². The van der Waals surface area contributed by atoms with Gasteiger partial charge in [-0.15, -0.1) is 11.3 Å². The quantitative estimate of drug-likeness (QED) is 0.828. The van der Waals surface area contributed by atoms with E-state index in [1.165, 1.54) is 24.1 Å². The highest BCUT2D eigenvalue weighted by Gasteiger charge is 2.18. The first-order valence-corrected chi connectivity index (χ1v) is 7.04. The summed E-state index contributed by atoms with van der Waals surface area (Å²) in [6, 6.07) is 2.95. The van der Waals surface area contributed by atoms with Gasteiger partial charge in [0.1, 0.15) is 0 Å². The van der Waals surface area contributed by atoms with Gasteiger partial charge in [-0.25, -0.2) is 0 Å². The predicted molar refractivity (Wildman–Crippen MR) is 69.1 cm³/mol. The van der Waals surface area contributed by atoms with Crippen LogP contribution in [0, 0.1) is 0 Å². The summed E-state index contributed by atoms with van der Waals surface area (Å²) in [7, 11) is 0. The fourth-order valence-electron chi connectivity index (χ4n) is 2.30. The molecule has 0 spiro atoms. The summed E-state index contributed by atoms with van der Waals surface area (Å²) in [4.78, 5) is 3.01. The normalized spacial score (nSPS) is 18.4. The molecule has 16 heavy (non-hydrogen) atoms. The van der Waals surface area contributed by atoms with E-state index in [1.54, 1.807) is 10.4 Å². The van der Waals surface area contributed by atoms with Crippen molar-refractivity contribution in [3.63, 3.8) is 0 Å². The highest BCUT2D eigenvalue weighted by atomic mass is 32.1. The second-order valence-electron chi connectivity index (χ2n) is 4.63. The maximum atomic E-state index is 9.18. The molecular weight excluding hydrogens is 218 g/mol. The Morgan fingerprint density at radius 2 is 2.31 bits per heavy atom. The van der Waals surface area contributed by atoms with Gasteiger partial charge >= 0.3 is 0 Å². The Morgan fingerprint density at radius 1 is 1.50 bits per heavy atom. The number of aliphatic hydroxyl groups is 1. The number of hydrogen-bond acceptors (Lipinski definition) is 3. The molecule has 2 rings (SSSR count). The molecule has 1 aliphatic carbocycles. The SMILES string of the molecule is CC[C@H](CO)NC(C)c1cc2c(s1)CCC2. The standard InChI is InChI=1S/C13H21NOS/c1-3-11(8-15)14-9(2)13-7-10-5-4-6-12(10)16-13/h7,9,11,14-15H,3-6,8H2,1-2H3/t9?,11-/m1/s1. The van der Waals surface area contributed by atoms with Gasteiger partial charge in [0.05, 0.1) is 6.61 Å². The van der Waals surface area contributed by atoms with Gasteiger partial charge in [-0.3, -0.25) is 0 Å². The summed E-state index contributed by atoms with van der Waals surface area (Å²) < 4.78 is 0. The Labute approximate surface area is 102 Å². The van der Waals surface area contributed by atoms with Gasteiger partial charge in [-0.2, -0.15) is 0 Å². The summed E-state index contributed by atoms with van der Waals surface area (Å²) in [6.07, 6.45) is 4.84. The van der Waals surface area contributed by atoms with Crippen LogP contribution < -0.4 is 5.32 Å². The molecule has 1 unspecified atom stereocenters. The lowest BCUT2D eigenvalue weighted by atomic mass is 10.1. The molecule has 3 heteroatoms. The van der Waals surface area contributed by atoms with E-state index in [0.717, 1.165) is 6.42 Å². The van der Waals surface area contributed by atoms with Crippen molar-refractivity contribution >= 4 is 11.3 Å². The minimum absolute atomic E-state index is 0.228. The first-order chi connectivity index (χ1) is 7.74. The monoisotopic (exact) mass is 239 g/mol. The number of thiophene rings is 1. The molecular formula is C13H21NOS. The maximum Gasteiger partial charge on any atom is 0.0584 e. The van der Waals surface area contributed by atoms with Crippen molar-refractivity contribution in [3.05, 3.63) is 21.4 Å². The van der Waals surface area contributed by atoms with Gasteiger partial charge < -0.3 is 10.4 Å². The molecule has 0 bridgehead atoms. The minimum atomic E-state index is 0.228. The number of rotatable bonds is 5. The topological polar surface area (TPSA) is 32.3 Å². The van der Waals surface area contributed by atoms with Crippen molar-refractivity contribution < 1.29 is 5.11 Å². The van der Waals surface area contributed by atoms with Gasteiger partial charge in [0, 0.05) is 21.8 Å². The lowest BCUT2D eigenvalue weighted by Crippen LogP contribution is -2.33. The van der Waals surface area contributed by atoms with Crippen LogP contribution in [0.5, 0.6) is 0 Å². The molecule has 0 aromatic carbocycles. The molecule has 0 radical (unpaired) electrons. The molecule has 1 aromatic heterocycles. The maximum absolute atomic E-state index is 9.18. The summed E-state index contributed by atoms with van der Waals surface area (Å²) >= 11 is 1.95. The van der Waals surface area contributed by atoms with E-state index >= 15 is 0 Å². The molecule has 0 saturated carbocycles. The van der Waals surface area contributed by atoms with Crippen LogP contribution in [0.15, 0.2) is 6.07 Å². The lowest BCUT2D eigenvalue weighted by Gasteiger charge is -2.19. The molecule has 1 heterocycles. The van der Waals surface area contributed by atoms with E-state index in [4.69, 9.17) is 0 Å². The number of aliphatic hydroxyl groups excluding tert-OH is 1. The van der Waals surface area contributed by atoms with Crippen LogP contribution in [0.3, 0.4) is 0 Å². The van der Waals surface area contributed by atoms with Gasteiger partial charge in [0.15, 0.2) is 0 Å². The van der Waals surface area contributed by atoms with Gasteiger partial charge in [-0.05, 0) is 44.2 Å². The third kappa shape index (κ3) is 2.47. The molecule has 2 atom stereocenters. The first-order valence-electron chi connectivity index (χ1n) is 6.23. The number of fused-ring (bicyclic) bond motifs is 1. The van der Waals surface area contributed by atoms with Crippen LogP contribution in [0.1, 0.15) is 48.0 Å². The smallest absolute Gasteiger partial charge is 0.0584 e. The summed E-state index contributed by atoms with van der Waals surface area (Å²) in [5, 5.41) is 12.7. The van der Waals surface area contributed by atoms with Crippen LogP contribution in [0.4, 0.5) is 0 Å². The minimum Gasteiger partial charge on any atom is -0.395 e. The third-order valence-electron chi connectivity index (χ3n) is 3.39. The van der Waals surface area contributed by atoms with Crippen molar-refractivity contribution in [1.82, 2.24) is 5.32 Å².